The van der Waals surface area contributed by atoms with Gasteiger partial charge in [-0.1, -0.05) is 44.2 Å². The van der Waals surface area contributed by atoms with Gasteiger partial charge in [0.05, 0.1) is 5.60 Å². The normalized spacial score (nSPS) is 21.3. The van der Waals surface area contributed by atoms with E-state index in [-0.39, 0.29) is 12.0 Å². The summed E-state index contributed by atoms with van der Waals surface area (Å²) in [6, 6.07) is 10.7. The highest BCUT2D eigenvalue weighted by atomic mass is 16.3. The fourth-order valence-electron chi connectivity index (χ4n) is 3.30. The molecule has 1 aromatic carbocycles. The Hall–Kier alpha value is -1.19. The van der Waals surface area contributed by atoms with Crippen LogP contribution >= 0.6 is 0 Å². The molecular formula is C19H29NO2. The molecule has 22 heavy (non-hydrogen) atoms. The predicted octanol–water partition coefficient (Wildman–Crippen LogP) is 3.58. The first kappa shape index (κ1) is 17.2. The lowest BCUT2D eigenvalue weighted by molar-refractivity contribution is -0.122. The molecule has 0 aliphatic carbocycles. The highest BCUT2D eigenvalue weighted by Gasteiger charge is 2.32. The van der Waals surface area contributed by atoms with Crippen molar-refractivity contribution in [1.29, 1.82) is 0 Å². The molecule has 3 nitrogen and oxygen atoms in total. The summed E-state index contributed by atoms with van der Waals surface area (Å²) in [7, 11) is 0. The number of nitrogens with zero attached hydrogens (tertiary/aromatic N) is 1. The first-order chi connectivity index (χ1) is 10.4. The highest BCUT2D eigenvalue weighted by Crippen LogP contribution is 2.33. The first-order valence-electron chi connectivity index (χ1n) is 8.47. The Morgan fingerprint density at radius 1 is 1.27 bits per heavy atom. The molecule has 0 saturated carbocycles. The van der Waals surface area contributed by atoms with Crippen molar-refractivity contribution in [2.75, 3.05) is 13.1 Å². The molecular weight excluding hydrogens is 274 g/mol. The van der Waals surface area contributed by atoms with Gasteiger partial charge in [-0.15, -0.1) is 0 Å². The number of carbonyl (C=O) groups excluding carboxylic acids is 1. The van der Waals surface area contributed by atoms with Gasteiger partial charge in [-0.05, 0) is 31.7 Å². The number of ketones is 1. The van der Waals surface area contributed by atoms with Gasteiger partial charge in [-0.2, -0.15) is 0 Å². The van der Waals surface area contributed by atoms with Crippen LogP contribution in [0, 0.1) is 5.92 Å². The number of Topliss-reactive ketones (excluding diaryl/α,β-unsaturated/α-hetero) is 1. The predicted molar refractivity (Wildman–Crippen MR) is 89.7 cm³/mol. The van der Waals surface area contributed by atoms with Crippen LogP contribution in [0.25, 0.3) is 0 Å². The minimum absolute atomic E-state index is 0.0812. The summed E-state index contributed by atoms with van der Waals surface area (Å²) >= 11 is 0. The molecule has 1 aromatic rings. The number of hydrogen-bond acceptors (Lipinski definition) is 3. The summed E-state index contributed by atoms with van der Waals surface area (Å²) in [5.41, 5.74) is 0.738. The van der Waals surface area contributed by atoms with E-state index < -0.39 is 5.60 Å². The Balaban J connectivity index is 2.14. The summed E-state index contributed by atoms with van der Waals surface area (Å²) in [6.07, 6.45) is 3.06. The maximum atomic E-state index is 12.0. The van der Waals surface area contributed by atoms with Crippen molar-refractivity contribution in [3.63, 3.8) is 0 Å². The molecule has 2 rings (SSSR count). The Kier molecular flexibility index (Phi) is 5.76. The van der Waals surface area contributed by atoms with Gasteiger partial charge < -0.3 is 5.11 Å². The van der Waals surface area contributed by atoms with Gasteiger partial charge in [0.15, 0.2) is 0 Å². The highest BCUT2D eigenvalue weighted by molar-refractivity contribution is 5.80. The lowest BCUT2D eigenvalue weighted by Gasteiger charge is -2.41. The van der Waals surface area contributed by atoms with E-state index in [1.807, 2.05) is 26.8 Å². The van der Waals surface area contributed by atoms with Crippen LogP contribution < -0.4 is 0 Å². The molecule has 1 N–H and O–H groups in total. The van der Waals surface area contributed by atoms with E-state index in [4.69, 9.17) is 0 Å². The number of benzene rings is 1. The number of aliphatic hydroxyl groups is 1. The Morgan fingerprint density at radius 3 is 2.41 bits per heavy atom. The van der Waals surface area contributed by atoms with Gasteiger partial charge in [0.1, 0.15) is 5.78 Å². The van der Waals surface area contributed by atoms with Crippen molar-refractivity contribution < 1.29 is 9.90 Å². The maximum absolute atomic E-state index is 12.0. The molecule has 1 unspecified atom stereocenters. The third-order valence-electron chi connectivity index (χ3n) is 4.98. The lowest BCUT2D eigenvalue weighted by Crippen LogP contribution is -2.44. The third-order valence-corrected chi connectivity index (χ3v) is 4.98. The molecule has 1 fully saturated rings. The van der Waals surface area contributed by atoms with Crippen LogP contribution in [0.5, 0.6) is 0 Å². The zero-order chi connectivity index (χ0) is 16.2. The average molecular weight is 303 g/mol. The lowest BCUT2D eigenvalue weighted by atomic mass is 9.87. The topological polar surface area (TPSA) is 40.5 Å². The van der Waals surface area contributed by atoms with Crippen molar-refractivity contribution in [3.8, 4) is 0 Å². The molecule has 3 heteroatoms. The van der Waals surface area contributed by atoms with Crippen LogP contribution in [0.4, 0.5) is 0 Å². The van der Waals surface area contributed by atoms with E-state index in [2.05, 4.69) is 29.2 Å². The van der Waals surface area contributed by atoms with Gasteiger partial charge in [-0.3, -0.25) is 9.69 Å². The minimum atomic E-state index is -0.539. The Bertz CT molecular complexity index is 473. The second-order valence-corrected chi connectivity index (χ2v) is 6.92. The maximum Gasteiger partial charge on any atom is 0.135 e. The molecule has 1 aliphatic rings. The number of rotatable bonds is 6. The summed E-state index contributed by atoms with van der Waals surface area (Å²) in [5, 5.41) is 10.2. The molecule has 1 aliphatic heterocycles. The van der Waals surface area contributed by atoms with E-state index in [0.717, 1.165) is 32.4 Å². The average Bonchev–Trinajstić information content (AvgIpc) is 2.53. The van der Waals surface area contributed by atoms with E-state index in [1.165, 1.54) is 5.56 Å². The van der Waals surface area contributed by atoms with Gasteiger partial charge in [0.25, 0.3) is 0 Å². The SMILES string of the molecule is CCC(=O)C(C)C[C@@H](c1ccccc1)N1CCC(C)(O)CC1. The number of piperidine rings is 1. The number of likely N-dealkylation sites (tertiary alicyclic amines) is 1. The smallest absolute Gasteiger partial charge is 0.135 e. The van der Waals surface area contributed by atoms with Crippen LogP contribution in [0.15, 0.2) is 30.3 Å². The van der Waals surface area contributed by atoms with Crippen molar-refractivity contribution in [3.05, 3.63) is 35.9 Å². The van der Waals surface area contributed by atoms with Gasteiger partial charge in [-0.25, -0.2) is 0 Å². The van der Waals surface area contributed by atoms with Crippen molar-refractivity contribution in [2.45, 2.75) is 58.1 Å². The molecule has 1 saturated heterocycles. The molecule has 122 valence electrons. The van der Waals surface area contributed by atoms with E-state index in [9.17, 15) is 9.90 Å². The Morgan fingerprint density at radius 2 is 1.86 bits per heavy atom. The molecule has 0 amide bonds. The number of hydrogen-bond donors (Lipinski definition) is 1. The van der Waals surface area contributed by atoms with E-state index in [1.54, 1.807) is 0 Å². The third kappa shape index (κ3) is 4.40. The van der Waals surface area contributed by atoms with Gasteiger partial charge >= 0.3 is 0 Å². The summed E-state index contributed by atoms with van der Waals surface area (Å²) in [6.45, 7) is 7.68. The quantitative estimate of drug-likeness (QED) is 0.873. The van der Waals surface area contributed by atoms with Gasteiger partial charge in [0.2, 0.25) is 0 Å². The second kappa shape index (κ2) is 7.38. The molecule has 0 aromatic heterocycles. The van der Waals surface area contributed by atoms with Crippen LogP contribution in [0.2, 0.25) is 0 Å². The summed E-state index contributed by atoms with van der Waals surface area (Å²) in [4.78, 5) is 14.4. The zero-order valence-corrected chi connectivity index (χ0v) is 14.1. The van der Waals surface area contributed by atoms with Crippen molar-refractivity contribution >= 4 is 5.78 Å². The number of carbonyl (C=O) groups is 1. The molecule has 1 heterocycles. The first-order valence-corrected chi connectivity index (χ1v) is 8.47. The van der Waals surface area contributed by atoms with Crippen LogP contribution in [0.3, 0.4) is 0 Å². The largest absolute Gasteiger partial charge is 0.390 e. The van der Waals surface area contributed by atoms with E-state index in [0.29, 0.717) is 12.2 Å². The fraction of sp³-hybridized carbons (Fsp3) is 0.632. The summed E-state index contributed by atoms with van der Waals surface area (Å²) in [5.74, 6) is 0.419. The fourth-order valence-corrected chi connectivity index (χ4v) is 3.30. The van der Waals surface area contributed by atoms with Crippen LogP contribution in [0.1, 0.15) is 58.1 Å². The molecule has 0 spiro atoms. The van der Waals surface area contributed by atoms with Crippen molar-refractivity contribution in [1.82, 2.24) is 4.90 Å². The molecule has 2 atom stereocenters. The van der Waals surface area contributed by atoms with Crippen LogP contribution in [-0.4, -0.2) is 34.5 Å². The summed E-state index contributed by atoms with van der Waals surface area (Å²) < 4.78 is 0. The minimum Gasteiger partial charge on any atom is -0.390 e. The Labute approximate surface area is 134 Å². The monoisotopic (exact) mass is 303 g/mol. The zero-order valence-electron chi connectivity index (χ0n) is 14.1. The van der Waals surface area contributed by atoms with E-state index >= 15 is 0 Å². The second-order valence-electron chi connectivity index (χ2n) is 6.92. The standard InChI is InChI=1S/C19H29NO2/c1-4-18(21)15(2)14-17(16-8-6-5-7-9-16)20-12-10-19(3,22)11-13-20/h5-9,15,17,22H,4,10-14H2,1-3H3/t15?,17-/m0/s1. The van der Waals surface area contributed by atoms with Crippen molar-refractivity contribution in [2.24, 2.45) is 5.92 Å². The van der Waals surface area contributed by atoms with Gasteiger partial charge in [0, 0.05) is 31.5 Å². The molecule has 0 bridgehead atoms. The van der Waals surface area contributed by atoms with Crippen LogP contribution in [-0.2, 0) is 4.79 Å². The molecule has 0 radical (unpaired) electrons.